The van der Waals surface area contributed by atoms with Crippen LogP contribution in [0.5, 0.6) is 0 Å². The number of anilines is 2. The molecule has 3 N–H and O–H groups in total. The third-order valence-electron chi connectivity index (χ3n) is 2.37. The number of ether oxygens (including phenoxy) is 1. The van der Waals surface area contributed by atoms with Crippen molar-refractivity contribution in [2.75, 3.05) is 17.7 Å². The summed E-state index contributed by atoms with van der Waals surface area (Å²) in [7, 11) is 0. The lowest BCUT2D eigenvalue weighted by molar-refractivity contribution is -0.116. The van der Waals surface area contributed by atoms with E-state index in [1.165, 1.54) is 18.2 Å². The van der Waals surface area contributed by atoms with Gasteiger partial charge in [-0.05, 0) is 45.4 Å². The molecule has 0 saturated carbocycles. The first-order valence-corrected chi connectivity index (χ1v) is 6.27. The number of nitrogens with one attached hydrogen (secondary N) is 1. The van der Waals surface area contributed by atoms with E-state index in [0.29, 0.717) is 25.1 Å². The van der Waals surface area contributed by atoms with Crippen molar-refractivity contribution >= 4 is 17.3 Å². The van der Waals surface area contributed by atoms with Gasteiger partial charge in [-0.1, -0.05) is 0 Å². The topological polar surface area (TPSA) is 64.3 Å². The van der Waals surface area contributed by atoms with Crippen LogP contribution in [0.3, 0.4) is 0 Å². The zero-order valence-electron chi connectivity index (χ0n) is 11.6. The minimum atomic E-state index is -0.422. The van der Waals surface area contributed by atoms with Gasteiger partial charge in [-0.3, -0.25) is 4.79 Å². The van der Waals surface area contributed by atoms with Gasteiger partial charge in [0, 0.05) is 13.0 Å². The van der Waals surface area contributed by atoms with Crippen molar-refractivity contribution in [3.05, 3.63) is 24.0 Å². The Bertz CT molecular complexity index is 442. The van der Waals surface area contributed by atoms with Crippen LogP contribution in [0.2, 0.25) is 0 Å². The summed E-state index contributed by atoms with van der Waals surface area (Å²) in [5.41, 5.74) is 6.06. The fourth-order valence-electron chi connectivity index (χ4n) is 1.47. The molecule has 0 atom stereocenters. The zero-order chi connectivity index (χ0) is 14.5. The molecule has 0 aromatic heterocycles. The Balaban J connectivity index is 2.35. The van der Waals surface area contributed by atoms with E-state index < -0.39 is 5.82 Å². The lowest BCUT2D eigenvalue weighted by Gasteiger charge is -2.19. The second kappa shape index (κ2) is 6.52. The van der Waals surface area contributed by atoms with Crippen molar-refractivity contribution in [1.29, 1.82) is 0 Å². The van der Waals surface area contributed by atoms with E-state index in [2.05, 4.69) is 5.32 Å². The van der Waals surface area contributed by atoms with Crippen LogP contribution in [0.15, 0.2) is 18.2 Å². The number of benzene rings is 1. The highest BCUT2D eigenvalue weighted by Crippen LogP contribution is 2.19. The van der Waals surface area contributed by atoms with E-state index in [0.717, 1.165) is 0 Å². The Morgan fingerprint density at radius 3 is 2.68 bits per heavy atom. The minimum absolute atomic E-state index is 0.157. The summed E-state index contributed by atoms with van der Waals surface area (Å²) >= 11 is 0. The monoisotopic (exact) mass is 268 g/mol. The van der Waals surface area contributed by atoms with Crippen LogP contribution in [0.1, 0.15) is 33.6 Å². The summed E-state index contributed by atoms with van der Waals surface area (Å²) in [5.74, 6) is -0.579. The number of carbonyl (C=O) groups is 1. The van der Waals surface area contributed by atoms with Gasteiger partial charge in [0.05, 0.1) is 17.0 Å². The quantitative estimate of drug-likeness (QED) is 0.637. The standard InChI is InChI=1S/C14H21FN2O2/c1-14(2,3)19-8-4-5-13(18)17-12-7-6-10(15)9-11(12)16/h6-7,9H,4-5,8,16H2,1-3H3,(H,17,18). The van der Waals surface area contributed by atoms with E-state index in [1.807, 2.05) is 20.8 Å². The van der Waals surface area contributed by atoms with Crippen LogP contribution in [-0.4, -0.2) is 18.1 Å². The predicted molar refractivity (Wildman–Crippen MR) is 74.4 cm³/mol. The summed E-state index contributed by atoms with van der Waals surface area (Å²) in [6.07, 6.45) is 0.969. The SMILES string of the molecule is CC(C)(C)OCCCC(=O)Nc1ccc(F)cc1N. The minimum Gasteiger partial charge on any atom is -0.397 e. The molecule has 19 heavy (non-hydrogen) atoms. The van der Waals surface area contributed by atoms with Gasteiger partial charge in [0.2, 0.25) is 5.91 Å². The lowest BCUT2D eigenvalue weighted by atomic mass is 10.2. The Kier molecular flexibility index (Phi) is 5.30. The van der Waals surface area contributed by atoms with Gasteiger partial charge in [-0.25, -0.2) is 4.39 Å². The van der Waals surface area contributed by atoms with Crippen LogP contribution in [0.4, 0.5) is 15.8 Å². The molecule has 0 unspecified atom stereocenters. The summed E-state index contributed by atoms with van der Waals surface area (Å²) in [4.78, 5) is 11.7. The maximum atomic E-state index is 12.8. The largest absolute Gasteiger partial charge is 0.397 e. The van der Waals surface area contributed by atoms with Gasteiger partial charge >= 0.3 is 0 Å². The number of rotatable bonds is 5. The van der Waals surface area contributed by atoms with E-state index in [9.17, 15) is 9.18 Å². The molecule has 1 aromatic rings. The van der Waals surface area contributed by atoms with Gasteiger partial charge < -0.3 is 15.8 Å². The molecule has 1 aromatic carbocycles. The highest BCUT2D eigenvalue weighted by molar-refractivity contribution is 5.93. The van der Waals surface area contributed by atoms with E-state index >= 15 is 0 Å². The second-order valence-corrected chi connectivity index (χ2v) is 5.34. The lowest BCUT2D eigenvalue weighted by Crippen LogP contribution is -2.21. The first kappa shape index (κ1) is 15.4. The van der Waals surface area contributed by atoms with Crippen LogP contribution in [-0.2, 0) is 9.53 Å². The number of amides is 1. The maximum Gasteiger partial charge on any atom is 0.224 e. The van der Waals surface area contributed by atoms with Gasteiger partial charge in [-0.2, -0.15) is 0 Å². The van der Waals surface area contributed by atoms with Crippen LogP contribution >= 0.6 is 0 Å². The summed E-state index contributed by atoms with van der Waals surface area (Å²) in [5, 5.41) is 2.65. The van der Waals surface area contributed by atoms with Crippen molar-refractivity contribution in [2.45, 2.75) is 39.2 Å². The van der Waals surface area contributed by atoms with Gasteiger partial charge in [0.15, 0.2) is 0 Å². The molecule has 0 heterocycles. The molecule has 0 aliphatic rings. The Hall–Kier alpha value is -1.62. The molecule has 106 valence electrons. The van der Waals surface area contributed by atoms with E-state index in [1.54, 1.807) is 0 Å². The number of carbonyl (C=O) groups excluding carboxylic acids is 1. The molecule has 0 aliphatic heterocycles. The van der Waals surface area contributed by atoms with Crippen LogP contribution in [0.25, 0.3) is 0 Å². The first-order chi connectivity index (χ1) is 8.78. The zero-order valence-corrected chi connectivity index (χ0v) is 11.6. The molecule has 0 aliphatic carbocycles. The van der Waals surface area contributed by atoms with Crippen molar-refractivity contribution < 1.29 is 13.9 Å². The first-order valence-electron chi connectivity index (χ1n) is 6.27. The van der Waals surface area contributed by atoms with Gasteiger partial charge in [-0.15, -0.1) is 0 Å². The molecule has 0 saturated heterocycles. The molecular weight excluding hydrogens is 247 g/mol. The fourth-order valence-corrected chi connectivity index (χ4v) is 1.47. The Morgan fingerprint density at radius 2 is 2.11 bits per heavy atom. The molecular formula is C14H21FN2O2. The van der Waals surface area contributed by atoms with Crippen molar-refractivity contribution in [1.82, 2.24) is 0 Å². The molecule has 1 rings (SSSR count). The van der Waals surface area contributed by atoms with Crippen molar-refractivity contribution in [3.8, 4) is 0 Å². The summed E-state index contributed by atoms with van der Waals surface area (Å²) < 4.78 is 18.4. The molecule has 0 fully saturated rings. The highest BCUT2D eigenvalue weighted by Gasteiger charge is 2.10. The normalized spacial score (nSPS) is 11.4. The average molecular weight is 268 g/mol. The number of hydrogen-bond donors (Lipinski definition) is 2. The average Bonchev–Trinajstić information content (AvgIpc) is 2.27. The van der Waals surface area contributed by atoms with Crippen LogP contribution in [0, 0.1) is 5.82 Å². The predicted octanol–water partition coefficient (Wildman–Crippen LogP) is 2.94. The maximum absolute atomic E-state index is 12.8. The van der Waals surface area contributed by atoms with Gasteiger partial charge in [0.1, 0.15) is 5.82 Å². The Morgan fingerprint density at radius 1 is 1.42 bits per heavy atom. The van der Waals surface area contributed by atoms with Crippen LogP contribution < -0.4 is 11.1 Å². The summed E-state index contributed by atoms with van der Waals surface area (Å²) in [6.45, 7) is 6.42. The number of nitrogens with two attached hydrogens (primary N) is 1. The molecule has 0 bridgehead atoms. The number of halogens is 1. The third kappa shape index (κ3) is 6.20. The Labute approximate surface area is 113 Å². The molecule has 1 amide bonds. The smallest absolute Gasteiger partial charge is 0.224 e. The van der Waals surface area contributed by atoms with E-state index in [4.69, 9.17) is 10.5 Å². The van der Waals surface area contributed by atoms with Crippen molar-refractivity contribution in [3.63, 3.8) is 0 Å². The molecule has 5 heteroatoms. The third-order valence-corrected chi connectivity index (χ3v) is 2.37. The second-order valence-electron chi connectivity index (χ2n) is 5.34. The molecule has 4 nitrogen and oxygen atoms in total. The molecule has 0 spiro atoms. The number of nitrogen functional groups attached to an aromatic ring is 1. The fraction of sp³-hybridized carbons (Fsp3) is 0.500. The number of hydrogen-bond acceptors (Lipinski definition) is 3. The summed E-state index contributed by atoms with van der Waals surface area (Å²) in [6, 6.07) is 3.89. The van der Waals surface area contributed by atoms with Crippen molar-refractivity contribution in [2.24, 2.45) is 0 Å². The van der Waals surface area contributed by atoms with E-state index in [-0.39, 0.29) is 17.2 Å². The highest BCUT2D eigenvalue weighted by atomic mass is 19.1. The van der Waals surface area contributed by atoms with Gasteiger partial charge in [0.25, 0.3) is 0 Å². The molecule has 0 radical (unpaired) electrons.